The van der Waals surface area contributed by atoms with E-state index < -0.39 is 12.6 Å². The molecule has 64 valence electrons. The van der Waals surface area contributed by atoms with Gasteiger partial charge in [-0.3, -0.25) is 0 Å². The van der Waals surface area contributed by atoms with E-state index in [4.69, 9.17) is 0 Å². The Morgan fingerprint density at radius 2 is 2.09 bits per heavy atom. The Bertz CT molecular complexity index is 146. The Morgan fingerprint density at radius 1 is 1.36 bits per heavy atom. The minimum Gasteiger partial charge on any atom is -0.171 e. The molecule has 0 spiro atoms. The van der Waals surface area contributed by atoms with Crippen LogP contribution < -0.4 is 0 Å². The van der Waals surface area contributed by atoms with Gasteiger partial charge in [0.25, 0.3) is 0 Å². The van der Waals surface area contributed by atoms with E-state index in [9.17, 15) is 13.2 Å². The maximum Gasteiger partial charge on any atom is 0.389 e. The fraction of sp³-hybridized carbons (Fsp3) is 0.750. The van der Waals surface area contributed by atoms with Gasteiger partial charge in [0, 0.05) is 6.42 Å². The number of alkyl halides is 3. The average Bonchev–Trinajstić information content (AvgIpc) is 1.85. The molecule has 1 unspecified atom stereocenters. The molecule has 0 radical (unpaired) electrons. The van der Waals surface area contributed by atoms with Gasteiger partial charge in [-0.2, -0.15) is 13.2 Å². The van der Waals surface area contributed by atoms with Gasteiger partial charge in [-0.05, 0) is 25.2 Å². The zero-order valence-electron chi connectivity index (χ0n) is 6.19. The lowest BCUT2D eigenvalue weighted by Gasteiger charge is -2.17. The molecule has 0 aromatic carbocycles. The van der Waals surface area contributed by atoms with E-state index in [1.165, 1.54) is 0 Å². The van der Waals surface area contributed by atoms with Crippen LogP contribution in [-0.2, 0) is 0 Å². The van der Waals surface area contributed by atoms with E-state index >= 15 is 0 Å². The molecule has 1 rings (SSSR count). The lowest BCUT2D eigenvalue weighted by Crippen LogP contribution is -2.14. The van der Waals surface area contributed by atoms with Crippen LogP contribution in [-0.4, -0.2) is 6.18 Å². The molecule has 0 fully saturated rings. The first-order chi connectivity index (χ1) is 5.08. The van der Waals surface area contributed by atoms with Gasteiger partial charge in [0.1, 0.15) is 0 Å². The van der Waals surface area contributed by atoms with E-state index in [1.807, 2.05) is 6.08 Å². The number of hydrogen-bond acceptors (Lipinski definition) is 0. The smallest absolute Gasteiger partial charge is 0.171 e. The number of allylic oxidation sites excluding steroid dienone is 2. The largest absolute Gasteiger partial charge is 0.389 e. The first-order valence-electron chi connectivity index (χ1n) is 3.81. The molecule has 0 N–H and O–H groups in total. The summed E-state index contributed by atoms with van der Waals surface area (Å²) in [6.45, 7) is 0. The highest BCUT2D eigenvalue weighted by molar-refractivity contribution is 4.93. The third-order valence-electron chi connectivity index (χ3n) is 1.85. The van der Waals surface area contributed by atoms with Gasteiger partial charge >= 0.3 is 6.18 Å². The van der Waals surface area contributed by atoms with Crippen LogP contribution in [0.5, 0.6) is 0 Å². The summed E-state index contributed by atoms with van der Waals surface area (Å²) in [5.41, 5.74) is 0. The van der Waals surface area contributed by atoms with Crippen molar-refractivity contribution in [3.8, 4) is 0 Å². The zero-order chi connectivity index (χ0) is 8.32. The molecule has 0 aliphatic heterocycles. The second-order valence-corrected chi connectivity index (χ2v) is 2.94. The molecule has 0 heterocycles. The average molecular weight is 164 g/mol. The fourth-order valence-electron chi connectivity index (χ4n) is 1.35. The first-order valence-corrected chi connectivity index (χ1v) is 3.81. The Kier molecular flexibility index (Phi) is 2.58. The van der Waals surface area contributed by atoms with Gasteiger partial charge in [0.2, 0.25) is 0 Å². The van der Waals surface area contributed by atoms with Gasteiger partial charge in [-0.1, -0.05) is 12.2 Å². The fourth-order valence-corrected chi connectivity index (χ4v) is 1.35. The maximum atomic E-state index is 11.8. The van der Waals surface area contributed by atoms with Crippen molar-refractivity contribution >= 4 is 0 Å². The number of hydrogen-bond donors (Lipinski definition) is 0. The zero-order valence-corrected chi connectivity index (χ0v) is 6.19. The summed E-state index contributed by atoms with van der Waals surface area (Å²) < 4.78 is 35.4. The molecule has 1 atom stereocenters. The van der Waals surface area contributed by atoms with Crippen molar-refractivity contribution < 1.29 is 13.2 Å². The van der Waals surface area contributed by atoms with Crippen molar-refractivity contribution in [3.05, 3.63) is 12.2 Å². The Morgan fingerprint density at radius 3 is 2.55 bits per heavy atom. The van der Waals surface area contributed by atoms with E-state index in [2.05, 4.69) is 0 Å². The minimum absolute atomic E-state index is 0.260. The van der Waals surface area contributed by atoms with E-state index in [-0.39, 0.29) is 5.92 Å². The van der Waals surface area contributed by atoms with Crippen LogP contribution in [0.15, 0.2) is 12.2 Å². The third-order valence-corrected chi connectivity index (χ3v) is 1.85. The van der Waals surface area contributed by atoms with Crippen molar-refractivity contribution in [2.75, 3.05) is 0 Å². The van der Waals surface area contributed by atoms with Gasteiger partial charge in [0.15, 0.2) is 0 Å². The van der Waals surface area contributed by atoms with Crippen molar-refractivity contribution in [2.45, 2.75) is 31.9 Å². The van der Waals surface area contributed by atoms with Gasteiger partial charge in [0.05, 0.1) is 0 Å². The molecule has 0 aromatic heterocycles. The molecular weight excluding hydrogens is 153 g/mol. The Balaban J connectivity index is 2.36. The standard InChI is InChI=1S/C8H11F3/c9-8(10,11)6-7-4-2-1-3-5-7/h2,4,7H,1,3,5-6H2. The van der Waals surface area contributed by atoms with Gasteiger partial charge in [-0.25, -0.2) is 0 Å². The molecule has 1 aliphatic rings. The summed E-state index contributed by atoms with van der Waals surface area (Å²) in [7, 11) is 0. The van der Waals surface area contributed by atoms with Crippen LogP contribution >= 0.6 is 0 Å². The van der Waals surface area contributed by atoms with Gasteiger partial charge < -0.3 is 0 Å². The summed E-state index contributed by atoms with van der Waals surface area (Å²) in [6.07, 6.45) is 1.42. The molecule has 0 bridgehead atoms. The van der Waals surface area contributed by atoms with Crippen molar-refractivity contribution in [3.63, 3.8) is 0 Å². The molecule has 1 aliphatic carbocycles. The topological polar surface area (TPSA) is 0 Å². The monoisotopic (exact) mass is 164 g/mol. The number of rotatable bonds is 1. The second-order valence-electron chi connectivity index (χ2n) is 2.94. The van der Waals surface area contributed by atoms with Gasteiger partial charge in [-0.15, -0.1) is 0 Å². The summed E-state index contributed by atoms with van der Waals surface area (Å²) in [5.74, 6) is -0.260. The van der Waals surface area contributed by atoms with E-state index in [0.29, 0.717) is 6.42 Å². The predicted molar refractivity (Wildman–Crippen MR) is 37.2 cm³/mol. The quantitative estimate of drug-likeness (QED) is 0.521. The van der Waals surface area contributed by atoms with Crippen LogP contribution in [0, 0.1) is 5.92 Å². The molecular formula is C8H11F3. The van der Waals surface area contributed by atoms with E-state index in [1.54, 1.807) is 6.08 Å². The minimum atomic E-state index is -3.99. The summed E-state index contributed by atoms with van der Waals surface area (Å²) in [6, 6.07) is 0. The molecule has 0 saturated heterocycles. The molecule has 0 saturated carbocycles. The lowest BCUT2D eigenvalue weighted by atomic mass is 9.93. The van der Waals surface area contributed by atoms with Crippen LogP contribution in [0.4, 0.5) is 13.2 Å². The van der Waals surface area contributed by atoms with Crippen molar-refractivity contribution in [1.82, 2.24) is 0 Å². The van der Waals surface area contributed by atoms with Crippen LogP contribution in [0.2, 0.25) is 0 Å². The normalized spacial score (nSPS) is 25.5. The Labute approximate surface area is 64.1 Å². The molecule has 11 heavy (non-hydrogen) atoms. The first kappa shape index (κ1) is 8.62. The molecule has 0 amide bonds. The molecule has 0 aromatic rings. The van der Waals surface area contributed by atoms with Crippen LogP contribution in [0.3, 0.4) is 0 Å². The molecule has 0 nitrogen and oxygen atoms in total. The van der Waals surface area contributed by atoms with Crippen LogP contribution in [0.25, 0.3) is 0 Å². The van der Waals surface area contributed by atoms with E-state index in [0.717, 1.165) is 12.8 Å². The van der Waals surface area contributed by atoms with Crippen molar-refractivity contribution in [1.29, 1.82) is 0 Å². The number of halogens is 3. The summed E-state index contributed by atoms with van der Waals surface area (Å²) in [4.78, 5) is 0. The second kappa shape index (κ2) is 3.28. The Hall–Kier alpha value is -0.470. The summed E-state index contributed by atoms with van der Waals surface area (Å²) in [5, 5.41) is 0. The highest BCUT2D eigenvalue weighted by atomic mass is 19.4. The molecule has 3 heteroatoms. The summed E-state index contributed by atoms with van der Waals surface area (Å²) >= 11 is 0. The SMILES string of the molecule is FC(F)(F)CC1C=CCCC1. The highest BCUT2D eigenvalue weighted by Gasteiger charge is 2.30. The lowest BCUT2D eigenvalue weighted by molar-refractivity contribution is -0.141. The predicted octanol–water partition coefficient (Wildman–Crippen LogP) is 3.30. The van der Waals surface area contributed by atoms with Crippen LogP contribution in [0.1, 0.15) is 25.7 Å². The third kappa shape index (κ3) is 3.44. The highest BCUT2D eigenvalue weighted by Crippen LogP contribution is 2.30. The van der Waals surface area contributed by atoms with Crippen molar-refractivity contribution in [2.24, 2.45) is 5.92 Å². The maximum absolute atomic E-state index is 11.8.